The third-order valence-corrected chi connectivity index (χ3v) is 3.91. The standard InChI is InChI=1S/C14H13N3O2S/c18-12-8-10(13(19)16-14-15-6-7-20-14)9-17(12)11-4-2-1-3-5-11/h1-7,10H,8-9H2,(H,15,16,19)/t10-/m0/s1. The molecule has 102 valence electrons. The van der Waals surface area contributed by atoms with Crippen LogP contribution in [-0.2, 0) is 9.59 Å². The van der Waals surface area contributed by atoms with Crippen molar-refractivity contribution in [2.75, 3.05) is 16.8 Å². The van der Waals surface area contributed by atoms with Gasteiger partial charge in [0.2, 0.25) is 11.8 Å². The van der Waals surface area contributed by atoms with Crippen molar-refractivity contribution >= 4 is 34.0 Å². The molecule has 2 amide bonds. The van der Waals surface area contributed by atoms with Gasteiger partial charge >= 0.3 is 0 Å². The maximum atomic E-state index is 12.1. The number of hydrogen-bond donors (Lipinski definition) is 1. The molecular formula is C14H13N3O2S. The first-order chi connectivity index (χ1) is 9.74. The molecule has 1 aromatic carbocycles. The van der Waals surface area contributed by atoms with Gasteiger partial charge in [-0.15, -0.1) is 11.3 Å². The van der Waals surface area contributed by atoms with Gasteiger partial charge < -0.3 is 10.2 Å². The van der Waals surface area contributed by atoms with E-state index >= 15 is 0 Å². The number of nitrogens with one attached hydrogen (secondary N) is 1. The molecule has 0 saturated carbocycles. The van der Waals surface area contributed by atoms with E-state index in [0.717, 1.165) is 5.69 Å². The van der Waals surface area contributed by atoms with Gasteiger partial charge in [-0.2, -0.15) is 0 Å². The van der Waals surface area contributed by atoms with E-state index in [1.54, 1.807) is 16.5 Å². The van der Waals surface area contributed by atoms with Crippen molar-refractivity contribution in [3.63, 3.8) is 0 Å². The molecular weight excluding hydrogens is 274 g/mol. The summed E-state index contributed by atoms with van der Waals surface area (Å²) < 4.78 is 0. The molecule has 1 saturated heterocycles. The van der Waals surface area contributed by atoms with E-state index in [2.05, 4.69) is 10.3 Å². The number of rotatable bonds is 3. The number of hydrogen-bond acceptors (Lipinski definition) is 4. The number of anilines is 2. The third kappa shape index (κ3) is 2.55. The van der Waals surface area contributed by atoms with Crippen LogP contribution in [0, 0.1) is 5.92 Å². The van der Waals surface area contributed by atoms with E-state index < -0.39 is 0 Å². The molecule has 3 rings (SSSR count). The molecule has 0 bridgehead atoms. The number of nitrogens with zero attached hydrogens (tertiary/aromatic N) is 2. The highest BCUT2D eigenvalue weighted by atomic mass is 32.1. The predicted octanol–water partition coefficient (Wildman–Crippen LogP) is 2.13. The Kier molecular flexibility index (Phi) is 3.47. The summed E-state index contributed by atoms with van der Waals surface area (Å²) in [6.45, 7) is 0.417. The Morgan fingerprint density at radius 1 is 1.35 bits per heavy atom. The fourth-order valence-electron chi connectivity index (χ4n) is 2.23. The summed E-state index contributed by atoms with van der Waals surface area (Å²) in [7, 11) is 0. The van der Waals surface area contributed by atoms with Crippen molar-refractivity contribution < 1.29 is 9.59 Å². The van der Waals surface area contributed by atoms with Gasteiger partial charge in [0.1, 0.15) is 0 Å². The van der Waals surface area contributed by atoms with Crippen LogP contribution in [0.5, 0.6) is 0 Å². The van der Waals surface area contributed by atoms with E-state index in [9.17, 15) is 9.59 Å². The van der Waals surface area contributed by atoms with E-state index in [0.29, 0.717) is 11.7 Å². The summed E-state index contributed by atoms with van der Waals surface area (Å²) in [5, 5.41) is 5.11. The zero-order chi connectivity index (χ0) is 13.9. The first kappa shape index (κ1) is 12.8. The average molecular weight is 287 g/mol. The molecule has 0 radical (unpaired) electrons. The van der Waals surface area contributed by atoms with Crippen molar-refractivity contribution in [1.29, 1.82) is 0 Å². The Balaban J connectivity index is 1.69. The number of aromatic nitrogens is 1. The van der Waals surface area contributed by atoms with Crippen LogP contribution < -0.4 is 10.2 Å². The number of thiazole rings is 1. The second-order valence-corrected chi connectivity index (χ2v) is 5.46. The summed E-state index contributed by atoms with van der Waals surface area (Å²) in [6.07, 6.45) is 1.88. The highest BCUT2D eigenvalue weighted by Gasteiger charge is 2.35. The molecule has 1 aromatic heterocycles. The summed E-state index contributed by atoms with van der Waals surface area (Å²) in [5.74, 6) is -0.492. The Morgan fingerprint density at radius 2 is 2.15 bits per heavy atom. The fourth-order valence-corrected chi connectivity index (χ4v) is 2.77. The normalized spacial score (nSPS) is 18.3. The second-order valence-electron chi connectivity index (χ2n) is 4.57. The minimum absolute atomic E-state index is 0.0181. The minimum atomic E-state index is -0.327. The molecule has 1 aliphatic heterocycles. The molecule has 20 heavy (non-hydrogen) atoms. The van der Waals surface area contributed by atoms with Crippen LogP contribution in [0.15, 0.2) is 41.9 Å². The first-order valence-corrected chi connectivity index (χ1v) is 7.18. The molecule has 1 aliphatic rings. The lowest BCUT2D eigenvalue weighted by atomic mass is 10.1. The van der Waals surface area contributed by atoms with Crippen LogP contribution in [0.1, 0.15) is 6.42 Å². The molecule has 0 aliphatic carbocycles. The van der Waals surface area contributed by atoms with Crippen molar-refractivity contribution in [3.05, 3.63) is 41.9 Å². The summed E-state index contributed by atoms with van der Waals surface area (Å²) in [4.78, 5) is 29.8. The third-order valence-electron chi connectivity index (χ3n) is 3.23. The van der Waals surface area contributed by atoms with Crippen LogP contribution in [-0.4, -0.2) is 23.3 Å². The highest BCUT2D eigenvalue weighted by Crippen LogP contribution is 2.25. The number of para-hydroxylation sites is 1. The first-order valence-electron chi connectivity index (χ1n) is 6.30. The van der Waals surface area contributed by atoms with Crippen molar-refractivity contribution in [1.82, 2.24) is 4.98 Å². The molecule has 6 heteroatoms. The Labute approximate surface area is 120 Å². The Bertz CT molecular complexity index is 613. The molecule has 2 aromatic rings. The van der Waals surface area contributed by atoms with Crippen LogP contribution >= 0.6 is 11.3 Å². The summed E-state index contributed by atoms with van der Waals surface area (Å²) in [6, 6.07) is 9.41. The van der Waals surface area contributed by atoms with E-state index in [-0.39, 0.29) is 24.2 Å². The molecule has 1 fully saturated rings. The van der Waals surface area contributed by atoms with Crippen LogP contribution in [0.3, 0.4) is 0 Å². The molecule has 2 heterocycles. The maximum absolute atomic E-state index is 12.1. The Morgan fingerprint density at radius 3 is 2.85 bits per heavy atom. The van der Waals surface area contributed by atoms with Crippen LogP contribution in [0.2, 0.25) is 0 Å². The fraction of sp³-hybridized carbons (Fsp3) is 0.214. The van der Waals surface area contributed by atoms with E-state index in [4.69, 9.17) is 0 Å². The smallest absolute Gasteiger partial charge is 0.231 e. The van der Waals surface area contributed by atoms with Gasteiger partial charge in [0.05, 0.1) is 5.92 Å². The lowest BCUT2D eigenvalue weighted by Gasteiger charge is -2.16. The monoisotopic (exact) mass is 287 g/mol. The number of benzene rings is 1. The average Bonchev–Trinajstić information content (AvgIpc) is 3.09. The number of carbonyl (C=O) groups excluding carboxylic acids is 2. The van der Waals surface area contributed by atoms with Crippen molar-refractivity contribution in [2.24, 2.45) is 5.92 Å². The minimum Gasteiger partial charge on any atom is -0.312 e. The molecule has 0 unspecified atom stereocenters. The number of amides is 2. The SMILES string of the molecule is O=C(Nc1nccs1)[C@H]1CC(=O)N(c2ccccc2)C1. The molecule has 0 spiro atoms. The van der Waals surface area contributed by atoms with Gasteiger partial charge in [-0.25, -0.2) is 4.98 Å². The highest BCUT2D eigenvalue weighted by molar-refractivity contribution is 7.13. The summed E-state index contributed by atoms with van der Waals surface area (Å²) >= 11 is 1.37. The molecule has 1 atom stereocenters. The lowest BCUT2D eigenvalue weighted by Crippen LogP contribution is -2.28. The molecule has 5 nitrogen and oxygen atoms in total. The van der Waals surface area contributed by atoms with Gasteiger partial charge in [0, 0.05) is 30.2 Å². The van der Waals surface area contributed by atoms with Crippen molar-refractivity contribution in [2.45, 2.75) is 6.42 Å². The zero-order valence-electron chi connectivity index (χ0n) is 10.7. The van der Waals surface area contributed by atoms with Crippen LogP contribution in [0.25, 0.3) is 0 Å². The topological polar surface area (TPSA) is 62.3 Å². The van der Waals surface area contributed by atoms with Crippen molar-refractivity contribution in [3.8, 4) is 0 Å². The lowest BCUT2D eigenvalue weighted by molar-refractivity contribution is -0.122. The van der Waals surface area contributed by atoms with Gasteiger partial charge in [-0.1, -0.05) is 18.2 Å². The Hall–Kier alpha value is -2.21. The number of carbonyl (C=O) groups is 2. The van der Waals surface area contributed by atoms with Gasteiger partial charge in [0.25, 0.3) is 0 Å². The van der Waals surface area contributed by atoms with Crippen LogP contribution in [0.4, 0.5) is 10.8 Å². The van der Waals surface area contributed by atoms with Gasteiger partial charge in [0.15, 0.2) is 5.13 Å². The summed E-state index contributed by atoms with van der Waals surface area (Å²) in [5.41, 5.74) is 0.835. The van der Waals surface area contributed by atoms with E-state index in [1.165, 1.54) is 11.3 Å². The zero-order valence-corrected chi connectivity index (χ0v) is 11.5. The van der Waals surface area contributed by atoms with Gasteiger partial charge in [-0.05, 0) is 12.1 Å². The largest absolute Gasteiger partial charge is 0.312 e. The predicted molar refractivity (Wildman–Crippen MR) is 77.6 cm³/mol. The quantitative estimate of drug-likeness (QED) is 0.940. The molecule has 1 N–H and O–H groups in total. The maximum Gasteiger partial charge on any atom is 0.231 e. The van der Waals surface area contributed by atoms with E-state index in [1.807, 2.05) is 30.3 Å². The van der Waals surface area contributed by atoms with Gasteiger partial charge in [-0.3, -0.25) is 9.59 Å². The second kappa shape index (κ2) is 5.42.